The smallest absolute Gasteiger partial charge is 0.308 e. The molecule has 0 aliphatic carbocycles. The Morgan fingerprint density at radius 1 is 1.11 bits per heavy atom. The summed E-state index contributed by atoms with van der Waals surface area (Å²) in [6.45, 7) is 4.44. The molecular weight excluding hydrogens is 362 g/mol. The number of thiophene rings is 1. The van der Waals surface area contributed by atoms with Crippen LogP contribution in [-0.2, 0) is 9.59 Å². The number of carboxylic acid groups (broad SMARTS) is 1. The maximum absolute atomic E-state index is 12.6. The third-order valence-electron chi connectivity index (χ3n) is 5.12. The number of likely N-dealkylation sites (tertiary alicyclic amines) is 1. The van der Waals surface area contributed by atoms with E-state index in [2.05, 4.69) is 0 Å². The number of aliphatic carboxylic acids is 1. The quantitative estimate of drug-likeness (QED) is 0.770. The van der Waals surface area contributed by atoms with Crippen LogP contribution in [0.3, 0.4) is 0 Å². The predicted molar refractivity (Wildman–Crippen MR) is 104 cm³/mol. The van der Waals surface area contributed by atoms with Crippen LogP contribution in [0.5, 0.6) is 0 Å². The van der Waals surface area contributed by atoms with Gasteiger partial charge in [-0.15, -0.1) is 11.3 Å². The van der Waals surface area contributed by atoms with Crippen LogP contribution in [0.4, 0.5) is 0 Å². The van der Waals surface area contributed by atoms with E-state index in [0.717, 1.165) is 15.3 Å². The molecule has 142 valence electrons. The molecule has 2 unspecified atom stereocenters. The van der Waals surface area contributed by atoms with E-state index in [1.54, 1.807) is 16.2 Å². The number of hydrogen-bond donors (Lipinski definition) is 1. The summed E-state index contributed by atoms with van der Waals surface area (Å²) in [4.78, 5) is 40.3. The Kier molecular flexibility index (Phi) is 5.75. The van der Waals surface area contributed by atoms with E-state index in [4.69, 9.17) is 0 Å². The first kappa shape index (κ1) is 19.3. The van der Waals surface area contributed by atoms with E-state index in [1.807, 2.05) is 50.2 Å². The average Bonchev–Trinajstić information content (AvgIpc) is 3.23. The monoisotopic (exact) mass is 385 g/mol. The Bertz CT molecular complexity index is 858. The van der Waals surface area contributed by atoms with Gasteiger partial charge in [-0.1, -0.05) is 30.3 Å². The van der Waals surface area contributed by atoms with Crippen LogP contribution < -0.4 is 0 Å². The molecule has 1 N–H and O–H groups in total. The maximum atomic E-state index is 12.6. The molecule has 0 radical (unpaired) electrons. The molecule has 27 heavy (non-hydrogen) atoms. The second-order valence-corrected chi connectivity index (χ2v) is 8.47. The van der Waals surface area contributed by atoms with E-state index in [1.165, 1.54) is 0 Å². The van der Waals surface area contributed by atoms with Gasteiger partial charge in [-0.25, -0.2) is 0 Å². The molecule has 1 saturated heterocycles. The van der Waals surface area contributed by atoms with Gasteiger partial charge in [0.2, 0.25) is 5.91 Å². The number of amides is 1. The molecule has 1 amide bonds. The summed E-state index contributed by atoms with van der Waals surface area (Å²) >= 11 is 1.58. The lowest BCUT2D eigenvalue weighted by molar-refractivity contribution is -0.141. The number of ketones is 1. The SMILES string of the molecule is Cc1cc(C(=O)CCC(=O)N2CC(C(=O)O)C(c3ccccc3)C2)c(C)s1. The molecule has 1 aliphatic rings. The first-order valence-corrected chi connectivity index (χ1v) is 9.84. The number of Topliss-reactive ketones (excluding diaryl/α,β-unsaturated/α-hetero) is 1. The van der Waals surface area contributed by atoms with Crippen LogP contribution in [0.25, 0.3) is 0 Å². The Hall–Kier alpha value is -2.47. The van der Waals surface area contributed by atoms with E-state index in [-0.39, 0.29) is 37.0 Å². The van der Waals surface area contributed by atoms with E-state index >= 15 is 0 Å². The van der Waals surface area contributed by atoms with Crippen molar-refractivity contribution in [1.82, 2.24) is 4.90 Å². The molecule has 0 bridgehead atoms. The first-order valence-electron chi connectivity index (χ1n) is 9.02. The Morgan fingerprint density at radius 3 is 2.41 bits per heavy atom. The standard InChI is InChI=1S/C21H23NO4S/c1-13-10-16(14(2)27-13)19(23)8-9-20(24)22-11-17(18(12-22)21(25)26)15-6-4-3-5-7-15/h3-7,10,17-18H,8-9,11-12H2,1-2H3,(H,25,26). The van der Waals surface area contributed by atoms with Gasteiger partial charge < -0.3 is 10.0 Å². The van der Waals surface area contributed by atoms with E-state index in [0.29, 0.717) is 12.1 Å². The number of rotatable bonds is 6. The van der Waals surface area contributed by atoms with Gasteiger partial charge in [0.05, 0.1) is 5.92 Å². The lowest BCUT2D eigenvalue weighted by Crippen LogP contribution is -2.30. The van der Waals surface area contributed by atoms with Crippen molar-refractivity contribution in [3.05, 3.63) is 57.3 Å². The van der Waals surface area contributed by atoms with Gasteiger partial charge >= 0.3 is 5.97 Å². The molecular formula is C21H23NO4S. The molecule has 3 rings (SSSR count). The van der Waals surface area contributed by atoms with E-state index < -0.39 is 11.9 Å². The zero-order valence-electron chi connectivity index (χ0n) is 15.5. The number of carbonyl (C=O) groups is 3. The van der Waals surface area contributed by atoms with Crippen LogP contribution >= 0.6 is 11.3 Å². The summed E-state index contributed by atoms with van der Waals surface area (Å²) < 4.78 is 0. The summed E-state index contributed by atoms with van der Waals surface area (Å²) in [6.07, 6.45) is 0.265. The number of benzene rings is 1. The zero-order valence-corrected chi connectivity index (χ0v) is 16.3. The van der Waals surface area contributed by atoms with Gasteiger partial charge in [-0.3, -0.25) is 14.4 Å². The number of carboxylic acids is 1. The summed E-state index contributed by atoms with van der Waals surface area (Å²) in [6, 6.07) is 11.3. The second kappa shape index (κ2) is 8.05. The molecule has 0 saturated carbocycles. The number of nitrogens with zero attached hydrogens (tertiary/aromatic N) is 1. The summed E-state index contributed by atoms with van der Waals surface area (Å²) in [7, 11) is 0. The van der Waals surface area contributed by atoms with Crippen molar-refractivity contribution < 1.29 is 19.5 Å². The summed E-state index contributed by atoms with van der Waals surface area (Å²) in [5, 5.41) is 9.55. The van der Waals surface area contributed by atoms with Crippen LogP contribution in [0.2, 0.25) is 0 Å². The number of aryl methyl sites for hydroxylation is 2. The minimum absolute atomic E-state index is 0.0289. The van der Waals surface area contributed by atoms with Crippen molar-refractivity contribution in [2.45, 2.75) is 32.6 Å². The highest BCUT2D eigenvalue weighted by molar-refractivity contribution is 7.12. The molecule has 5 nitrogen and oxygen atoms in total. The van der Waals surface area contributed by atoms with Crippen molar-refractivity contribution in [1.29, 1.82) is 0 Å². The second-order valence-electron chi connectivity index (χ2n) is 7.01. The number of hydrogen-bond acceptors (Lipinski definition) is 4. The predicted octanol–water partition coefficient (Wildman–Crippen LogP) is 3.65. The topological polar surface area (TPSA) is 74.7 Å². The highest BCUT2D eigenvalue weighted by atomic mass is 32.1. The van der Waals surface area contributed by atoms with Crippen molar-refractivity contribution in [2.75, 3.05) is 13.1 Å². The van der Waals surface area contributed by atoms with Gasteiger partial charge in [0.1, 0.15) is 0 Å². The van der Waals surface area contributed by atoms with Gasteiger partial charge in [-0.05, 0) is 25.5 Å². The Morgan fingerprint density at radius 2 is 1.81 bits per heavy atom. The zero-order chi connectivity index (χ0) is 19.6. The molecule has 1 aliphatic heterocycles. The minimum Gasteiger partial charge on any atom is -0.481 e. The fourth-order valence-electron chi connectivity index (χ4n) is 3.72. The van der Waals surface area contributed by atoms with Gasteiger partial charge in [0.15, 0.2) is 5.78 Å². The largest absolute Gasteiger partial charge is 0.481 e. The molecule has 2 aromatic rings. The Labute approximate surface area is 162 Å². The molecule has 2 heterocycles. The fraction of sp³-hybridized carbons (Fsp3) is 0.381. The van der Waals surface area contributed by atoms with Crippen LogP contribution in [-0.4, -0.2) is 40.8 Å². The molecule has 2 atom stereocenters. The van der Waals surface area contributed by atoms with Gasteiger partial charge in [0.25, 0.3) is 0 Å². The van der Waals surface area contributed by atoms with Crippen molar-refractivity contribution >= 4 is 29.0 Å². The lowest BCUT2D eigenvalue weighted by atomic mass is 9.89. The summed E-state index contributed by atoms with van der Waals surface area (Å²) in [5.41, 5.74) is 1.62. The van der Waals surface area contributed by atoms with Gasteiger partial charge in [0, 0.05) is 47.2 Å². The normalized spacial score (nSPS) is 19.3. The minimum atomic E-state index is -0.889. The molecule has 6 heteroatoms. The average molecular weight is 385 g/mol. The lowest BCUT2D eigenvalue weighted by Gasteiger charge is -2.16. The maximum Gasteiger partial charge on any atom is 0.308 e. The summed E-state index contributed by atoms with van der Waals surface area (Å²) in [5.74, 6) is -1.91. The van der Waals surface area contributed by atoms with Crippen molar-refractivity contribution in [3.63, 3.8) is 0 Å². The third-order valence-corrected chi connectivity index (χ3v) is 6.09. The van der Waals surface area contributed by atoms with Crippen molar-refractivity contribution in [2.24, 2.45) is 5.92 Å². The van der Waals surface area contributed by atoms with Crippen molar-refractivity contribution in [3.8, 4) is 0 Å². The van der Waals surface area contributed by atoms with E-state index in [9.17, 15) is 19.5 Å². The Balaban J connectivity index is 1.64. The van der Waals surface area contributed by atoms with Crippen LogP contribution in [0, 0.1) is 19.8 Å². The third kappa shape index (κ3) is 4.27. The highest BCUT2D eigenvalue weighted by Gasteiger charge is 2.40. The van der Waals surface area contributed by atoms with Crippen LogP contribution in [0.1, 0.15) is 44.4 Å². The molecule has 1 aromatic heterocycles. The first-order chi connectivity index (χ1) is 12.9. The van der Waals surface area contributed by atoms with Crippen LogP contribution in [0.15, 0.2) is 36.4 Å². The molecule has 0 spiro atoms. The van der Waals surface area contributed by atoms with Gasteiger partial charge in [-0.2, -0.15) is 0 Å². The number of carbonyl (C=O) groups excluding carboxylic acids is 2. The molecule has 1 fully saturated rings. The highest BCUT2D eigenvalue weighted by Crippen LogP contribution is 2.33. The molecule has 1 aromatic carbocycles. The fourth-order valence-corrected chi connectivity index (χ4v) is 4.66.